The van der Waals surface area contributed by atoms with Gasteiger partial charge in [0.25, 0.3) is 0 Å². The minimum atomic E-state index is 0.688. The summed E-state index contributed by atoms with van der Waals surface area (Å²) < 4.78 is 5.59. The summed E-state index contributed by atoms with van der Waals surface area (Å²) in [5, 5.41) is 0. The first-order valence-electron chi connectivity index (χ1n) is 7.66. The van der Waals surface area contributed by atoms with Crippen LogP contribution < -0.4 is 4.74 Å². The zero-order valence-electron chi connectivity index (χ0n) is 13.6. The topological polar surface area (TPSA) is 15.7 Å². The summed E-state index contributed by atoms with van der Waals surface area (Å²) in [4.78, 5) is 4.77. The summed E-state index contributed by atoms with van der Waals surface area (Å²) in [6, 6.07) is 5.31. The lowest BCUT2D eigenvalue weighted by Crippen LogP contribution is -2.39. The largest absolute Gasteiger partial charge is 0.496 e. The van der Waals surface area contributed by atoms with Gasteiger partial charge < -0.3 is 9.64 Å². The number of methoxy groups -OCH3 is 1. The van der Waals surface area contributed by atoms with Gasteiger partial charge in [-0.25, -0.2) is 0 Å². The Morgan fingerprint density at radius 1 is 1.25 bits per heavy atom. The molecule has 0 radical (unpaired) electrons. The molecule has 1 atom stereocenters. The number of likely N-dealkylation sites (N-methyl/N-ethyl adjacent to an activating group) is 1. The molecule has 1 aliphatic rings. The molecule has 0 bridgehead atoms. The molecule has 3 nitrogen and oxygen atoms in total. The maximum atomic E-state index is 5.59. The molecular formula is C17H28N2O. The molecule has 1 aliphatic heterocycles. The first-order chi connectivity index (χ1) is 9.58. The van der Waals surface area contributed by atoms with Gasteiger partial charge in [0, 0.05) is 24.7 Å². The standard InChI is InChI=1S/C17H28N2O/c1-6-16-9-13-8-15(11-18(3)4)17(20-5)10-14(13)12-19(16)7-2/h8,10,16H,6-7,9,11-12H2,1-5H3. The van der Waals surface area contributed by atoms with Gasteiger partial charge in [-0.05, 0) is 50.7 Å². The molecule has 1 aromatic carbocycles. The predicted octanol–water partition coefficient (Wildman–Crippen LogP) is 2.91. The van der Waals surface area contributed by atoms with Crippen LogP contribution in [0.15, 0.2) is 12.1 Å². The Balaban J connectivity index is 2.34. The predicted molar refractivity (Wildman–Crippen MR) is 84.3 cm³/mol. The second kappa shape index (κ2) is 6.59. The van der Waals surface area contributed by atoms with E-state index in [1.165, 1.54) is 29.5 Å². The Bertz CT molecular complexity index is 457. The average Bonchev–Trinajstić information content (AvgIpc) is 2.44. The zero-order valence-corrected chi connectivity index (χ0v) is 13.6. The maximum absolute atomic E-state index is 5.59. The number of ether oxygens (including phenoxy) is 1. The summed E-state index contributed by atoms with van der Waals surface area (Å²) in [6.07, 6.45) is 2.40. The monoisotopic (exact) mass is 276 g/mol. The van der Waals surface area contributed by atoms with E-state index in [1.807, 2.05) is 0 Å². The number of benzene rings is 1. The Kier molecular flexibility index (Phi) is 5.06. The Morgan fingerprint density at radius 3 is 2.55 bits per heavy atom. The lowest BCUT2D eigenvalue weighted by Gasteiger charge is -2.36. The molecule has 0 saturated carbocycles. The zero-order chi connectivity index (χ0) is 14.7. The lowest BCUT2D eigenvalue weighted by molar-refractivity contribution is 0.175. The van der Waals surface area contributed by atoms with Crippen molar-refractivity contribution < 1.29 is 4.74 Å². The second-order valence-electron chi connectivity index (χ2n) is 6.00. The molecule has 3 heteroatoms. The molecule has 20 heavy (non-hydrogen) atoms. The maximum Gasteiger partial charge on any atom is 0.123 e. The van der Waals surface area contributed by atoms with Gasteiger partial charge in [-0.1, -0.05) is 19.9 Å². The van der Waals surface area contributed by atoms with Gasteiger partial charge >= 0.3 is 0 Å². The van der Waals surface area contributed by atoms with E-state index in [0.717, 1.165) is 25.4 Å². The molecule has 1 aromatic rings. The fraction of sp³-hybridized carbons (Fsp3) is 0.647. The van der Waals surface area contributed by atoms with E-state index in [0.29, 0.717) is 6.04 Å². The highest BCUT2D eigenvalue weighted by atomic mass is 16.5. The molecule has 1 heterocycles. The highest BCUT2D eigenvalue weighted by molar-refractivity contribution is 5.44. The summed E-state index contributed by atoms with van der Waals surface area (Å²) in [7, 11) is 5.98. The first-order valence-corrected chi connectivity index (χ1v) is 7.66. The third-order valence-electron chi connectivity index (χ3n) is 4.31. The molecule has 0 spiro atoms. The van der Waals surface area contributed by atoms with Crippen LogP contribution in [-0.4, -0.2) is 43.6 Å². The van der Waals surface area contributed by atoms with Gasteiger partial charge in [-0.2, -0.15) is 0 Å². The normalized spacial score (nSPS) is 19.2. The van der Waals surface area contributed by atoms with Crippen molar-refractivity contribution in [1.82, 2.24) is 9.80 Å². The van der Waals surface area contributed by atoms with Crippen molar-refractivity contribution >= 4 is 0 Å². The van der Waals surface area contributed by atoms with Crippen LogP contribution in [0, 0.1) is 0 Å². The Hall–Kier alpha value is -1.06. The van der Waals surface area contributed by atoms with Crippen molar-refractivity contribution in [3.8, 4) is 5.75 Å². The van der Waals surface area contributed by atoms with E-state index in [9.17, 15) is 0 Å². The summed E-state index contributed by atoms with van der Waals surface area (Å²) in [5.74, 6) is 1.03. The molecule has 112 valence electrons. The smallest absolute Gasteiger partial charge is 0.123 e. The van der Waals surface area contributed by atoms with Crippen molar-refractivity contribution in [2.75, 3.05) is 27.7 Å². The Morgan fingerprint density at radius 2 is 2.00 bits per heavy atom. The van der Waals surface area contributed by atoms with Crippen LogP contribution in [0.1, 0.15) is 37.0 Å². The highest BCUT2D eigenvalue weighted by Gasteiger charge is 2.25. The number of nitrogens with zero attached hydrogens (tertiary/aromatic N) is 2. The van der Waals surface area contributed by atoms with E-state index >= 15 is 0 Å². The molecule has 2 rings (SSSR count). The van der Waals surface area contributed by atoms with Gasteiger partial charge in [0.1, 0.15) is 5.75 Å². The van der Waals surface area contributed by atoms with E-state index in [2.05, 4.69) is 49.9 Å². The van der Waals surface area contributed by atoms with Crippen LogP contribution in [0.5, 0.6) is 5.75 Å². The average molecular weight is 276 g/mol. The highest BCUT2D eigenvalue weighted by Crippen LogP contribution is 2.31. The Labute approximate surface area is 123 Å². The van der Waals surface area contributed by atoms with Crippen LogP contribution in [0.25, 0.3) is 0 Å². The van der Waals surface area contributed by atoms with Gasteiger partial charge in [-0.3, -0.25) is 4.90 Å². The number of hydrogen-bond donors (Lipinski definition) is 0. The second-order valence-corrected chi connectivity index (χ2v) is 6.00. The van der Waals surface area contributed by atoms with Crippen molar-refractivity contribution in [2.45, 2.75) is 45.8 Å². The van der Waals surface area contributed by atoms with Gasteiger partial charge in [-0.15, -0.1) is 0 Å². The van der Waals surface area contributed by atoms with Gasteiger partial charge in [0.15, 0.2) is 0 Å². The van der Waals surface area contributed by atoms with E-state index in [1.54, 1.807) is 7.11 Å². The van der Waals surface area contributed by atoms with Crippen molar-refractivity contribution in [3.05, 3.63) is 28.8 Å². The van der Waals surface area contributed by atoms with Crippen LogP contribution in [0.2, 0.25) is 0 Å². The SMILES string of the molecule is CCC1Cc2cc(CN(C)C)c(OC)cc2CN1CC. The molecule has 0 saturated heterocycles. The van der Waals surface area contributed by atoms with Crippen LogP contribution in [-0.2, 0) is 19.5 Å². The van der Waals surface area contributed by atoms with Crippen molar-refractivity contribution in [3.63, 3.8) is 0 Å². The third kappa shape index (κ3) is 3.15. The molecule has 0 aromatic heterocycles. The van der Waals surface area contributed by atoms with Gasteiger partial charge in [0.2, 0.25) is 0 Å². The van der Waals surface area contributed by atoms with Crippen LogP contribution in [0.3, 0.4) is 0 Å². The molecular weight excluding hydrogens is 248 g/mol. The molecule has 0 fully saturated rings. The van der Waals surface area contributed by atoms with Crippen molar-refractivity contribution in [2.24, 2.45) is 0 Å². The fourth-order valence-corrected chi connectivity index (χ4v) is 3.21. The molecule has 0 aliphatic carbocycles. The van der Waals surface area contributed by atoms with E-state index in [4.69, 9.17) is 4.74 Å². The third-order valence-corrected chi connectivity index (χ3v) is 4.31. The lowest BCUT2D eigenvalue weighted by atomic mass is 9.90. The van der Waals surface area contributed by atoms with E-state index < -0.39 is 0 Å². The molecule has 1 unspecified atom stereocenters. The number of hydrogen-bond acceptors (Lipinski definition) is 3. The number of rotatable bonds is 5. The van der Waals surface area contributed by atoms with Gasteiger partial charge in [0.05, 0.1) is 7.11 Å². The minimum absolute atomic E-state index is 0.688. The van der Waals surface area contributed by atoms with Crippen LogP contribution >= 0.6 is 0 Å². The fourth-order valence-electron chi connectivity index (χ4n) is 3.21. The van der Waals surface area contributed by atoms with E-state index in [-0.39, 0.29) is 0 Å². The quantitative estimate of drug-likeness (QED) is 0.822. The van der Waals surface area contributed by atoms with Crippen LogP contribution in [0.4, 0.5) is 0 Å². The number of fused-ring (bicyclic) bond motifs is 1. The van der Waals surface area contributed by atoms with Crippen molar-refractivity contribution in [1.29, 1.82) is 0 Å². The summed E-state index contributed by atoms with van der Waals surface area (Å²) >= 11 is 0. The first kappa shape index (κ1) is 15.3. The summed E-state index contributed by atoms with van der Waals surface area (Å²) in [5.41, 5.74) is 4.26. The molecule has 0 amide bonds. The molecule has 0 N–H and O–H groups in total. The minimum Gasteiger partial charge on any atom is -0.496 e. The summed E-state index contributed by atoms with van der Waals surface area (Å²) in [6.45, 7) is 7.67.